The van der Waals surface area contributed by atoms with Gasteiger partial charge in [0.25, 0.3) is 5.78 Å². The molecule has 0 unspecified atom stereocenters. The Morgan fingerprint density at radius 3 is 2.15 bits per heavy atom. The van der Waals surface area contributed by atoms with E-state index in [-0.39, 0.29) is 23.1 Å². The number of carbonyl (C=O) groups excluding carboxylic acids is 1. The van der Waals surface area contributed by atoms with Crippen molar-refractivity contribution in [3.63, 3.8) is 0 Å². The monoisotopic (exact) mass is 475 g/mol. The molecule has 0 spiro atoms. The molecule has 5 rings (SSSR count). The molecule has 2 heterocycles. The first-order valence-electron chi connectivity index (χ1n) is 9.98. The second-order valence-electron chi connectivity index (χ2n) is 7.26. The Labute approximate surface area is 197 Å². The van der Waals surface area contributed by atoms with Gasteiger partial charge in [-0.25, -0.2) is 13.9 Å². The Morgan fingerprint density at radius 1 is 0.818 bits per heavy atom. The van der Waals surface area contributed by atoms with Crippen LogP contribution in [-0.4, -0.2) is 30.2 Å². The quantitative estimate of drug-likeness (QED) is 0.340. The van der Waals surface area contributed by atoms with Gasteiger partial charge in [-0.2, -0.15) is 0 Å². The first-order valence-corrected chi connectivity index (χ1v) is 10.7. The maximum atomic E-state index is 13.4. The molecule has 0 N–H and O–H groups in total. The van der Waals surface area contributed by atoms with Gasteiger partial charge in [-0.1, -0.05) is 83.9 Å². The molecule has 0 atom stereocenters. The van der Waals surface area contributed by atoms with E-state index in [0.29, 0.717) is 22.0 Å². The highest BCUT2D eigenvalue weighted by molar-refractivity contribution is 6.42. The molecule has 0 aliphatic heterocycles. The lowest BCUT2D eigenvalue weighted by atomic mass is 10.0. The molecule has 0 aliphatic rings. The number of Topliss-reactive ketones (excluding diaryl/α,β-unsaturated/α-hetero) is 1. The number of hydrogen-bond donors (Lipinski definition) is 0. The van der Waals surface area contributed by atoms with Crippen LogP contribution in [0.5, 0.6) is 0 Å². The van der Waals surface area contributed by atoms with Crippen molar-refractivity contribution < 1.29 is 4.79 Å². The number of hydrogen-bond acceptors (Lipinski definition) is 5. The number of rotatable bonds is 5. The van der Waals surface area contributed by atoms with Gasteiger partial charge in [0, 0.05) is 16.7 Å². The van der Waals surface area contributed by atoms with Gasteiger partial charge in [0.1, 0.15) is 12.2 Å². The van der Waals surface area contributed by atoms with E-state index < -0.39 is 5.69 Å². The normalized spacial score (nSPS) is 11.1. The Balaban J connectivity index is 1.67. The molecule has 7 nitrogen and oxygen atoms in total. The Hall–Kier alpha value is -3.81. The minimum atomic E-state index is -0.496. The Kier molecular flexibility index (Phi) is 5.50. The van der Waals surface area contributed by atoms with E-state index in [4.69, 9.17) is 23.2 Å². The number of nitrogens with zero attached hydrogens (tertiary/aromatic N) is 5. The van der Waals surface area contributed by atoms with Gasteiger partial charge in [-0.05, 0) is 18.2 Å². The highest BCUT2D eigenvalue weighted by atomic mass is 35.5. The minimum absolute atomic E-state index is 0.0977. The molecular formula is C24H15Cl2N5O2. The predicted octanol–water partition coefficient (Wildman–Crippen LogP) is 4.81. The van der Waals surface area contributed by atoms with Crippen molar-refractivity contribution in [3.05, 3.63) is 105 Å². The van der Waals surface area contributed by atoms with Crippen molar-refractivity contribution in [1.29, 1.82) is 0 Å². The van der Waals surface area contributed by atoms with Crippen LogP contribution < -0.4 is 5.69 Å². The zero-order valence-electron chi connectivity index (χ0n) is 17.0. The molecule has 5 aromatic rings. The SMILES string of the molecule is O=C(Cn1nc2nnc(-c3ccccc3)c(-c3ccccc3)n2c1=O)c1ccc(Cl)c(Cl)c1. The van der Waals surface area contributed by atoms with E-state index in [1.54, 1.807) is 6.07 Å². The van der Waals surface area contributed by atoms with Crippen molar-refractivity contribution >= 4 is 34.8 Å². The molecule has 162 valence electrons. The summed E-state index contributed by atoms with van der Waals surface area (Å²) in [6.07, 6.45) is 0. The lowest BCUT2D eigenvalue weighted by Crippen LogP contribution is -2.26. The standard InChI is InChI=1S/C24H15Cl2N5O2/c25-18-12-11-17(13-19(18)26)20(32)14-30-24(33)31-22(16-9-5-2-6-10-16)21(27-28-23(31)29-30)15-7-3-1-4-8-15/h1-13H,14H2. The maximum Gasteiger partial charge on any atom is 0.352 e. The largest absolute Gasteiger partial charge is 0.352 e. The molecule has 0 bridgehead atoms. The topological polar surface area (TPSA) is 82.2 Å². The van der Waals surface area contributed by atoms with E-state index in [0.717, 1.165) is 15.8 Å². The molecule has 0 saturated carbocycles. The summed E-state index contributed by atoms with van der Waals surface area (Å²) >= 11 is 12.0. The van der Waals surface area contributed by atoms with Crippen LogP contribution in [0.1, 0.15) is 10.4 Å². The molecule has 0 fully saturated rings. The lowest BCUT2D eigenvalue weighted by Gasteiger charge is -2.09. The minimum Gasteiger partial charge on any atom is -0.292 e. The molecule has 9 heteroatoms. The third-order valence-corrected chi connectivity index (χ3v) is 5.88. The number of benzene rings is 3. The zero-order chi connectivity index (χ0) is 22.9. The fraction of sp³-hybridized carbons (Fsp3) is 0.0417. The summed E-state index contributed by atoms with van der Waals surface area (Å²) in [5.74, 6) is -0.239. The summed E-state index contributed by atoms with van der Waals surface area (Å²) in [7, 11) is 0. The van der Waals surface area contributed by atoms with E-state index in [2.05, 4.69) is 15.3 Å². The zero-order valence-corrected chi connectivity index (χ0v) is 18.5. The Bertz CT molecular complexity index is 1550. The molecule has 0 saturated heterocycles. The molecule has 0 amide bonds. The van der Waals surface area contributed by atoms with Crippen molar-refractivity contribution in [3.8, 4) is 22.5 Å². The summed E-state index contributed by atoms with van der Waals surface area (Å²) in [6, 6.07) is 23.4. The number of carbonyl (C=O) groups is 1. The van der Waals surface area contributed by atoms with E-state index >= 15 is 0 Å². The van der Waals surface area contributed by atoms with Crippen LogP contribution in [0.25, 0.3) is 28.3 Å². The lowest BCUT2D eigenvalue weighted by molar-refractivity contribution is 0.0966. The third kappa shape index (κ3) is 3.92. The van der Waals surface area contributed by atoms with E-state index in [1.165, 1.54) is 16.5 Å². The number of halogens is 2. The van der Waals surface area contributed by atoms with Gasteiger partial charge in [0.05, 0.1) is 15.7 Å². The third-order valence-electron chi connectivity index (χ3n) is 5.14. The summed E-state index contributed by atoms with van der Waals surface area (Å²) in [5, 5.41) is 13.4. The van der Waals surface area contributed by atoms with Gasteiger partial charge in [0.2, 0.25) is 0 Å². The average Bonchev–Trinajstić information content (AvgIpc) is 3.16. The van der Waals surface area contributed by atoms with Gasteiger partial charge >= 0.3 is 5.69 Å². The highest BCUT2D eigenvalue weighted by Gasteiger charge is 2.21. The second-order valence-corrected chi connectivity index (χ2v) is 8.07. The first-order chi connectivity index (χ1) is 16.0. The molecule has 3 aromatic carbocycles. The van der Waals surface area contributed by atoms with Gasteiger partial charge in [0.15, 0.2) is 5.78 Å². The fourth-order valence-electron chi connectivity index (χ4n) is 3.56. The van der Waals surface area contributed by atoms with Crippen molar-refractivity contribution in [2.24, 2.45) is 0 Å². The number of ketones is 1. The number of aromatic nitrogens is 5. The van der Waals surface area contributed by atoms with Crippen LogP contribution in [0.15, 0.2) is 83.7 Å². The molecule has 0 radical (unpaired) electrons. The smallest absolute Gasteiger partial charge is 0.292 e. The highest BCUT2D eigenvalue weighted by Crippen LogP contribution is 2.29. The average molecular weight is 476 g/mol. The second kappa shape index (κ2) is 8.61. The van der Waals surface area contributed by atoms with E-state index in [9.17, 15) is 9.59 Å². The van der Waals surface area contributed by atoms with Gasteiger partial charge in [-0.15, -0.1) is 15.3 Å². The van der Waals surface area contributed by atoms with Crippen molar-refractivity contribution in [2.75, 3.05) is 0 Å². The van der Waals surface area contributed by atoms with Crippen LogP contribution in [0, 0.1) is 0 Å². The van der Waals surface area contributed by atoms with Crippen LogP contribution >= 0.6 is 23.2 Å². The molecule has 2 aromatic heterocycles. The molecule has 0 aliphatic carbocycles. The fourth-order valence-corrected chi connectivity index (χ4v) is 3.86. The van der Waals surface area contributed by atoms with Crippen LogP contribution in [0.2, 0.25) is 10.0 Å². The summed E-state index contributed by atoms with van der Waals surface area (Å²) in [6.45, 7) is -0.283. The summed E-state index contributed by atoms with van der Waals surface area (Å²) in [5.41, 5.74) is 2.49. The summed E-state index contributed by atoms with van der Waals surface area (Å²) < 4.78 is 2.46. The van der Waals surface area contributed by atoms with Crippen molar-refractivity contribution in [2.45, 2.75) is 6.54 Å². The maximum absolute atomic E-state index is 13.4. The first kappa shape index (κ1) is 21.1. The Morgan fingerprint density at radius 2 is 1.48 bits per heavy atom. The van der Waals surface area contributed by atoms with Crippen LogP contribution in [0.4, 0.5) is 0 Å². The van der Waals surface area contributed by atoms with E-state index in [1.807, 2.05) is 60.7 Å². The van der Waals surface area contributed by atoms with Crippen LogP contribution in [-0.2, 0) is 6.54 Å². The molecular weight excluding hydrogens is 461 g/mol. The van der Waals surface area contributed by atoms with Crippen LogP contribution in [0.3, 0.4) is 0 Å². The summed E-state index contributed by atoms with van der Waals surface area (Å²) in [4.78, 5) is 26.2. The van der Waals surface area contributed by atoms with Crippen molar-refractivity contribution in [1.82, 2.24) is 24.4 Å². The molecule has 33 heavy (non-hydrogen) atoms. The van der Waals surface area contributed by atoms with Gasteiger partial charge in [-0.3, -0.25) is 4.79 Å². The number of fused-ring (bicyclic) bond motifs is 1. The van der Waals surface area contributed by atoms with Gasteiger partial charge < -0.3 is 0 Å². The predicted molar refractivity (Wildman–Crippen MR) is 127 cm³/mol.